The summed E-state index contributed by atoms with van der Waals surface area (Å²) < 4.78 is 7.92. The molecular formula is C25H30N6O. The van der Waals surface area contributed by atoms with E-state index in [1.807, 2.05) is 6.07 Å². The highest BCUT2D eigenvalue weighted by molar-refractivity contribution is 5.90. The normalized spacial score (nSPS) is 21.6. The van der Waals surface area contributed by atoms with Crippen molar-refractivity contribution in [2.24, 2.45) is 11.8 Å². The van der Waals surface area contributed by atoms with Gasteiger partial charge in [0.25, 0.3) is 0 Å². The molecule has 0 N–H and O–H groups in total. The third-order valence-electron chi connectivity index (χ3n) is 6.84. The molecule has 1 aromatic carbocycles. The first-order valence-corrected chi connectivity index (χ1v) is 11.7. The van der Waals surface area contributed by atoms with Gasteiger partial charge in [-0.1, -0.05) is 43.5 Å². The number of anilines is 1. The zero-order valence-electron chi connectivity index (χ0n) is 18.9. The largest absolute Gasteiger partial charge is 0.378 e. The third kappa shape index (κ3) is 4.07. The van der Waals surface area contributed by atoms with Gasteiger partial charge in [0.15, 0.2) is 5.65 Å². The zero-order valence-corrected chi connectivity index (χ0v) is 18.9. The van der Waals surface area contributed by atoms with Gasteiger partial charge in [0, 0.05) is 25.2 Å². The second-order valence-electron chi connectivity index (χ2n) is 9.30. The molecule has 1 saturated carbocycles. The summed E-state index contributed by atoms with van der Waals surface area (Å²) in [6.45, 7) is 8.35. The summed E-state index contributed by atoms with van der Waals surface area (Å²) in [6, 6.07) is 10.4. The lowest BCUT2D eigenvalue weighted by Gasteiger charge is -2.31. The van der Waals surface area contributed by atoms with Crippen molar-refractivity contribution in [2.45, 2.75) is 46.1 Å². The highest BCUT2D eigenvalue weighted by Crippen LogP contribution is 2.35. The Kier molecular flexibility index (Phi) is 5.79. The first-order valence-electron chi connectivity index (χ1n) is 11.7. The lowest BCUT2D eigenvalue weighted by Crippen LogP contribution is -2.38. The molecule has 1 aliphatic carbocycles. The van der Waals surface area contributed by atoms with Crippen molar-refractivity contribution in [3.05, 3.63) is 35.7 Å². The molecule has 0 bridgehead atoms. The van der Waals surface area contributed by atoms with Crippen LogP contribution in [0.4, 0.5) is 5.95 Å². The molecule has 2 fully saturated rings. The third-order valence-corrected chi connectivity index (χ3v) is 6.84. The quantitative estimate of drug-likeness (QED) is 0.613. The van der Waals surface area contributed by atoms with E-state index < -0.39 is 0 Å². The number of rotatable bonds is 4. The predicted octanol–water partition coefficient (Wildman–Crippen LogP) is 4.34. The molecule has 0 spiro atoms. The molecule has 3 heterocycles. The fraction of sp³-hybridized carbons (Fsp3) is 0.520. The molecule has 0 radical (unpaired) electrons. The SMILES string of the molecule is Cc1cccc(-c2nc(C#N)nc3nc(N4CCOCC4)n(C[C@H]4CC[C@H](C)CC4)c23)c1. The molecule has 5 rings (SSSR count). The van der Waals surface area contributed by atoms with Gasteiger partial charge in [-0.3, -0.25) is 0 Å². The van der Waals surface area contributed by atoms with Crippen molar-refractivity contribution < 1.29 is 4.74 Å². The predicted molar refractivity (Wildman–Crippen MR) is 124 cm³/mol. The summed E-state index contributed by atoms with van der Waals surface area (Å²) in [5, 5.41) is 9.60. The van der Waals surface area contributed by atoms with Crippen LogP contribution in [0.1, 0.15) is 44.0 Å². The Morgan fingerprint density at radius 1 is 1.09 bits per heavy atom. The Hall–Kier alpha value is -2.98. The van der Waals surface area contributed by atoms with Gasteiger partial charge < -0.3 is 14.2 Å². The number of fused-ring (bicyclic) bond motifs is 1. The van der Waals surface area contributed by atoms with Crippen molar-refractivity contribution in [1.82, 2.24) is 19.5 Å². The number of aryl methyl sites for hydroxylation is 1. The van der Waals surface area contributed by atoms with Gasteiger partial charge in [0.1, 0.15) is 17.3 Å². The van der Waals surface area contributed by atoms with Gasteiger partial charge in [0.2, 0.25) is 11.8 Å². The van der Waals surface area contributed by atoms with Crippen LogP contribution in [0.25, 0.3) is 22.4 Å². The molecule has 1 aliphatic heterocycles. The monoisotopic (exact) mass is 430 g/mol. The average Bonchev–Trinajstić information content (AvgIpc) is 3.18. The van der Waals surface area contributed by atoms with Gasteiger partial charge in [-0.15, -0.1) is 0 Å². The fourth-order valence-electron chi connectivity index (χ4n) is 5.02. The number of hydrogen-bond donors (Lipinski definition) is 0. The smallest absolute Gasteiger partial charge is 0.234 e. The molecule has 2 aliphatic rings. The Morgan fingerprint density at radius 3 is 2.59 bits per heavy atom. The van der Waals surface area contributed by atoms with E-state index in [2.05, 4.69) is 57.6 Å². The molecule has 2 aromatic heterocycles. The number of benzene rings is 1. The first-order chi connectivity index (χ1) is 15.6. The number of nitrogens with zero attached hydrogens (tertiary/aromatic N) is 6. The van der Waals surface area contributed by atoms with Gasteiger partial charge in [-0.05, 0) is 37.7 Å². The molecule has 32 heavy (non-hydrogen) atoms. The standard InChI is InChI=1S/C25H30N6O/c1-17-6-8-19(9-7-17)16-31-23-22(20-5-3-4-18(2)14-20)27-21(15-26)28-24(23)29-25(31)30-10-12-32-13-11-30/h3-5,14,17,19H,6-13,16H2,1-2H3/t17-,19-. The van der Waals surface area contributed by atoms with Crippen molar-refractivity contribution >= 4 is 17.1 Å². The number of ether oxygens (including phenoxy) is 1. The molecule has 0 unspecified atom stereocenters. The van der Waals surface area contributed by atoms with Crippen molar-refractivity contribution in [3.63, 3.8) is 0 Å². The molecule has 7 nitrogen and oxygen atoms in total. The number of aromatic nitrogens is 4. The average molecular weight is 431 g/mol. The van der Waals surface area contributed by atoms with Crippen LogP contribution < -0.4 is 4.90 Å². The number of nitriles is 1. The van der Waals surface area contributed by atoms with E-state index in [0.29, 0.717) is 24.8 Å². The molecule has 1 saturated heterocycles. The van der Waals surface area contributed by atoms with Crippen LogP contribution in [0, 0.1) is 30.1 Å². The van der Waals surface area contributed by atoms with E-state index in [-0.39, 0.29) is 5.82 Å². The van der Waals surface area contributed by atoms with Crippen LogP contribution in [0.3, 0.4) is 0 Å². The van der Waals surface area contributed by atoms with Gasteiger partial charge in [-0.2, -0.15) is 15.2 Å². The highest BCUT2D eigenvalue weighted by atomic mass is 16.5. The number of hydrogen-bond acceptors (Lipinski definition) is 6. The second-order valence-corrected chi connectivity index (χ2v) is 9.30. The number of imidazole rings is 1. The zero-order chi connectivity index (χ0) is 22.1. The maximum Gasteiger partial charge on any atom is 0.234 e. The van der Waals surface area contributed by atoms with Crippen LogP contribution in [-0.2, 0) is 11.3 Å². The van der Waals surface area contributed by atoms with Crippen LogP contribution in [0.5, 0.6) is 0 Å². The Labute approximate surface area is 189 Å². The van der Waals surface area contributed by atoms with E-state index in [1.165, 1.54) is 25.7 Å². The maximum absolute atomic E-state index is 9.60. The van der Waals surface area contributed by atoms with E-state index in [9.17, 15) is 5.26 Å². The van der Waals surface area contributed by atoms with Crippen molar-refractivity contribution in [3.8, 4) is 17.3 Å². The minimum atomic E-state index is 0.165. The minimum absolute atomic E-state index is 0.165. The van der Waals surface area contributed by atoms with Gasteiger partial charge in [0.05, 0.1) is 13.2 Å². The van der Waals surface area contributed by atoms with Crippen molar-refractivity contribution in [2.75, 3.05) is 31.2 Å². The Balaban J connectivity index is 1.68. The second kappa shape index (κ2) is 8.87. The maximum atomic E-state index is 9.60. The van der Waals surface area contributed by atoms with Crippen LogP contribution in [-0.4, -0.2) is 45.8 Å². The number of morpholine rings is 1. The van der Waals surface area contributed by atoms with Gasteiger partial charge >= 0.3 is 0 Å². The summed E-state index contributed by atoms with van der Waals surface area (Å²) in [6.07, 6.45) is 5.04. The van der Waals surface area contributed by atoms with Crippen LogP contribution in [0.2, 0.25) is 0 Å². The van der Waals surface area contributed by atoms with E-state index in [0.717, 1.165) is 53.8 Å². The lowest BCUT2D eigenvalue weighted by atomic mass is 9.83. The lowest BCUT2D eigenvalue weighted by molar-refractivity contribution is 0.121. The van der Waals surface area contributed by atoms with Gasteiger partial charge in [-0.25, -0.2) is 4.98 Å². The van der Waals surface area contributed by atoms with Crippen LogP contribution >= 0.6 is 0 Å². The summed E-state index contributed by atoms with van der Waals surface area (Å²) in [5.41, 5.74) is 4.51. The molecule has 166 valence electrons. The molecule has 0 atom stereocenters. The van der Waals surface area contributed by atoms with Crippen LogP contribution in [0.15, 0.2) is 24.3 Å². The summed E-state index contributed by atoms with van der Waals surface area (Å²) >= 11 is 0. The Bertz CT molecular complexity index is 1150. The summed E-state index contributed by atoms with van der Waals surface area (Å²) in [7, 11) is 0. The highest BCUT2D eigenvalue weighted by Gasteiger charge is 2.27. The van der Waals surface area contributed by atoms with E-state index in [4.69, 9.17) is 9.72 Å². The minimum Gasteiger partial charge on any atom is -0.378 e. The topological polar surface area (TPSA) is 79.9 Å². The van der Waals surface area contributed by atoms with E-state index in [1.54, 1.807) is 0 Å². The molecular weight excluding hydrogens is 400 g/mol. The van der Waals surface area contributed by atoms with Crippen molar-refractivity contribution in [1.29, 1.82) is 5.26 Å². The first kappa shape index (κ1) is 20.9. The molecule has 3 aromatic rings. The summed E-state index contributed by atoms with van der Waals surface area (Å²) in [4.78, 5) is 16.5. The Morgan fingerprint density at radius 2 is 1.88 bits per heavy atom. The fourth-order valence-corrected chi connectivity index (χ4v) is 5.02. The summed E-state index contributed by atoms with van der Waals surface area (Å²) in [5.74, 6) is 2.53. The molecule has 7 heteroatoms. The van der Waals surface area contributed by atoms with E-state index >= 15 is 0 Å². The molecule has 0 amide bonds.